The molecule has 2 saturated carbocycles. The van der Waals surface area contributed by atoms with Crippen LogP contribution in [-0.4, -0.2) is 47.6 Å². The minimum absolute atomic E-state index is 0.0728. The first kappa shape index (κ1) is 26.2. The molecule has 0 spiro atoms. The Bertz CT molecular complexity index is 1240. The molecule has 0 unspecified atom stereocenters. The van der Waals surface area contributed by atoms with Crippen molar-refractivity contribution in [3.05, 3.63) is 47.3 Å². The van der Waals surface area contributed by atoms with E-state index in [1.807, 2.05) is 4.90 Å². The maximum Gasteiger partial charge on any atom is 0.405 e. The fourth-order valence-corrected chi connectivity index (χ4v) is 5.56. The van der Waals surface area contributed by atoms with Gasteiger partial charge in [-0.2, -0.15) is 0 Å². The van der Waals surface area contributed by atoms with E-state index in [-0.39, 0.29) is 49.3 Å². The molecular formula is C27H30F4N4O3. The highest BCUT2D eigenvalue weighted by Crippen LogP contribution is 2.48. The molecule has 1 aromatic carbocycles. The van der Waals surface area contributed by atoms with E-state index in [0.29, 0.717) is 29.9 Å². The first-order chi connectivity index (χ1) is 17.9. The minimum Gasteiger partial charge on any atom is -0.441 e. The van der Waals surface area contributed by atoms with E-state index in [1.165, 1.54) is 18.3 Å². The van der Waals surface area contributed by atoms with Crippen LogP contribution in [-0.2, 0) is 4.74 Å². The fourth-order valence-electron chi connectivity index (χ4n) is 5.56. The number of ether oxygens (including phenoxy) is 1. The number of primary amides is 1. The number of benzene rings is 1. The second kappa shape index (κ2) is 9.74. The minimum atomic E-state index is -2.74. The van der Waals surface area contributed by atoms with Crippen LogP contribution in [0, 0.1) is 11.6 Å². The summed E-state index contributed by atoms with van der Waals surface area (Å²) in [6.07, 6.45) is 2.27. The van der Waals surface area contributed by atoms with Crippen LogP contribution in [0.4, 0.5) is 28.0 Å². The van der Waals surface area contributed by atoms with Crippen LogP contribution in [0.3, 0.4) is 0 Å². The van der Waals surface area contributed by atoms with Crippen molar-refractivity contribution in [1.82, 2.24) is 10.3 Å². The number of nitrogens with zero attached hydrogens (tertiary/aromatic N) is 2. The van der Waals surface area contributed by atoms with Gasteiger partial charge in [0.1, 0.15) is 17.2 Å². The Morgan fingerprint density at radius 2 is 1.74 bits per heavy atom. The van der Waals surface area contributed by atoms with Crippen molar-refractivity contribution in [3.63, 3.8) is 0 Å². The van der Waals surface area contributed by atoms with E-state index in [9.17, 15) is 27.2 Å². The lowest BCUT2D eigenvalue weighted by atomic mass is 9.91. The number of rotatable bonds is 6. The summed E-state index contributed by atoms with van der Waals surface area (Å²) >= 11 is 0. The maximum absolute atomic E-state index is 14.4. The summed E-state index contributed by atoms with van der Waals surface area (Å²) in [5.41, 5.74) is 6.23. The van der Waals surface area contributed by atoms with Gasteiger partial charge in [-0.05, 0) is 50.3 Å². The molecule has 0 radical (unpaired) electrons. The van der Waals surface area contributed by atoms with Crippen LogP contribution < -0.4 is 16.0 Å². The first-order valence-corrected chi connectivity index (χ1v) is 12.8. The van der Waals surface area contributed by atoms with Crippen molar-refractivity contribution in [3.8, 4) is 11.1 Å². The number of anilines is 1. The third-order valence-corrected chi connectivity index (χ3v) is 7.59. The molecule has 38 heavy (non-hydrogen) atoms. The molecule has 0 bridgehead atoms. The van der Waals surface area contributed by atoms with E-state index in [4.69, 9.17) is 10.5 Å². The lowest BCUT2D eigenvalue weighted by Gasteiger charge is -2.31. The van der Waals surface area contributed by atoms with E-state index < -0.39 is 41.2 Å². The Hall–Kier alpha value is -3.37. The molecule has 11 heteroatoms. The van der Waals surface area contributed by atoms with E-state index in [0.717, 1.165) is 18.9 Å². The molecule has 1 aromatic heterocycles. The number of carbonyl (C=O) groups is 2. The number of nitrogens with two attached hydrogens (primary N) is 1. The largest absolute Gasteiger partial charge is 0.441 e. The second-order valence-electron chi connectivity index (χ2n) is 10.9. The van der Waals surface area contributed by atoms with Gasteiger partial charge in [0.05, 0.1) is 23.5 Å². The Morgan fingerprint density at radius 1 is 1.08 bits per heavy atom. The van der Waals surface area contributed by atoms with Gasteiger partial charge in [-0.25, -0.2) is 22.4 Å². The first-order valence-electron chi connectivity index (χ1n) is 12.8. The summed E-state index contributed by atoms with van der Waals surface area (Å²) in [4.78, 5) is 31.5. The predicted octanol–water partition coefficient (Wildman–Crippen LogP) is 5.28. The van der Waals surface area contributed by atoms with Gasteiger partial charge >= 0.3 is 6.09 Å². The van der Waals surface area contributed by atoms with Gasteiger partial charge in [-0.3, -0.25) is 9.78 Å². The number of alkyl halides is 2. The second-order valence-corrected chi connectivity index (χ2v) is 10.9. The zero-order valence-electron chi connectivity index (χ0n) is 21.0. The van der Waals surface area contributed by atoms with Gasteiger partial charge in [-0.1, -0.05) is 0 Å². The molecule has 2 amide bonds. The molecule has 3 fully saturated rings. The third kappa shape index (κ3) is 5.56. The number of hydrogen-bond donors (Lipinski definition) is 2. The lowest BCUT2D eigenvalue weighted by molar-refractivity contribution is -0.0399. The van der Waals surface area contributed by atoms with Gasteiger partial charge in [0.2, 0.25) is 5.92 Å². The molecule has 1 aliphatic heterocycles. The van der Waals surface area contributed by atoms with Gasteiger partial charge < -0.3 is 20.7 Å². The summed E-state index contributed by atoms with van der Waals surface area (Å²) in [6.45, 7) is 2.29. The average Bonchev–Trinajstić information content (AvgIpc) is 3.60. The Balaban J connectivity index is 1.59. The summed E-state index contributed by atoms with van der Waals surface area (Å²) in [5, 5.41) is 2.86. The van der Waals surface area contributed by atoms with E-state index in [2.05, 4.69) is 10.3 Å². The van der Waals surface area contributed by atoms with E-state index in [1.54, 1.807) is 6.92 Å². The van der Waals surface area contributed by atoms with Crippen molar-refractivity contribution in [2.45, 2.75) is 75.4 Å². The Kier molecular flexibility index (Phi) is 6.73. The van der Waals surface area contributed by atoms with Crippen molar-refractivity contribution in [1.29, 1.82) is 0 Å². The predicted molar refractivity (Wildman–Crippen MR) is 132 cm³/mol. The lowest BCUT2D eigenvalue weighted by Crippen LogP contribution is -2.41. The number of carbonyl (C=O) groups excluding carboxylic acids is 2. The molecule has 3 N–H and O–H groups in total. The fraction of sp³-hybridized carbons (Fsp3) is 0.519. The average molecular weight is 535 g/mol. The Morgan fingerprint density at radius 3 is 2.34 bits per heavy atom. The number of pyridine rings is 1. The zero-order chi connectivity index (χ0) is 27.2. The highest BCUT2D eigenvalue weighted by molar-refractivity contribution is 6.04. The summed E-state index contributed by atoms with van der Waals surface area (Å²) in [5.74, 6) is -4.71. The normalized spacial score (nSPS) is 23.3. The molecule has 204 valence electrons. The molecular weight excluding hydrogens is 504 g/mol. The van der Waals surface area contributed by atoms with Gasteiger partial charge in [0.15, 0.2) is 0 Å². The van der Waals surface area contributed by atoms with Gasteiger partial charge in [0.25, 0.3) is 5.91 Å². The quantitative estimate of drug-likeness (QED) is 0.492. The molecule has 1 atom stereocenters. The smallest absolute Gasteiger partial charge is 0.405 e. The number of nitrogens with one attached hydrogen (secondary N) is 1. The summed E-state index contributed by atoms with van der Waals surface area (Å²) < 4.78 is 61.5. The zero-order valence-corrected chi connectivity index (χ0v) is 21.0. The third-order valence-electron chi connectivity index (χ3n) is 7.59. The topological polar surface area (TPSA) is 97.5 Å². The SMILES string of the molecule is C[C@]1(OC(N)=O)CCN(c2c(C(=O)NC3CCC(F)(F)CC3)cnc(C3CC3)c2-c2cc(F)cc(F)c2)C1. The molecule has 3 aliphatic rings. The molecule has 1 saturated heterocycles. The molecule has 5 rings (SSSR count). The van der Waals surface area contributed by atoms with Crippen molar-refractivity contribution >= 4 is 17.7 Å². The standard InChI is InChI=1S/C27H30F4N4O3/c1-26(38-25(32)37)8-9-35(14-26)23-20(24(36)34-19-4-6-27(30,31)7-5-19)13-33-22(15-2-3-15)21(23)16-10-17(28)12-18(29)11-16/h10-13,15,19H,2-9,14H2,1H3,(H2,32,37)(H,34,36)/t26-/m0/s1. The number of hydrogen-bond acceptors (Lipinski definition) is 5. The monoisotopic (exact) mass is 534 g/mol. The van der Waals surface area contributed by atoms with Crippen molar-refractivity contribution < 1.29 is 31.9 Å². The summed E-state index contributed by atoms with van der Waals surface area (Å²) in [7, 11) is 0. The maximum atomic E-state index is 14.4. The molecule has 2 aromatic rings. The van der Waals surface area contributed by atoms with Crippen LogP contribution in [0.5, 0.6) is 0 Å². The Labute approximate surface area is 217 Å². The van der Waals surface area contributed by atoms with Crippen molar-refractivity contribution in [2.24, 2.45) is 5.73 Å². The number of amides is 2. The van der Waals surface area contributed by atoms with Crippen LogP contribution in [0.15, 0.2) is 24.4 Å². The van der Waals surface area contributed by atoms with E-state index >= 15 is 0 Å². The van der Waals surface area contributed by atoms with Crippen LogP contribution in [0.25, 0.3) is 11.1 Å². The van der Waals surface area contributed by atoms with Crippen molar-refractivity contribution in [2.75, 3.05) is 18.0 Å². The summed E-state index contributed by atoms with van der Waals surface area (Å²) in [6, 6.07) is 2.75. The van der Waals surface area contributed by atoms with Crippen LogP contribution >= 0.6 is 0 Å². The molecule has 7 nitrogen and oxygen atoms in total. The van der Waals surface area contributed by atoms with Gasteiger partial charge in [-0.15, -0.1) is 0 Å². The highest BCUT2D eigenvalue weighted by Gasteiger charge is 2.41. The molecule has 2 aliphatic carbocycles. The highest BCUT2D eigenvalue weighted by atomic mass is 19.3. The van der Waals surface area contributed by atoms with Crippen LogP contribution in [0.1, 0.15) is 73.8 Å². The van der Waals surface area contributed by atoms with Crippen LogP contribution in [0.2, 0.25) is 0 Å². The number of halogens is 4. The van der Waals surface area contributed by atoms with Gasteiger partial charge in [0, 0.05) is 55.6 Å². The number of aromatic nitrogens is 1. The molecule has 2 heterocycles.